The van der Waals surface area contributed by atoms with Gasteiger partial charge in [0.1, 0.15) is 0 Å². The summed E-state index contributed by atoms with van der Waals surface area (Å²) in [5.41, 5.74) is 1.60. The summed E-state index contributed by atoms with van der Waals surface area (Å²) in [4.78, 5) is 20.8. The van der Waals surface area contributed by atoms with Crippen LogP contribution in [0.25, 0.3) is 11.4 Å². The zero-order valence-electron chi connectivity index (χ0n) is 11.9. The number of amides is 1. The minimum Gasteiger partial charge on any atom is -0.323 e. The Hall–Kier alpha value is -2.27. The quantitative estimate of drug-likeness (QED) is 0.903. The number of hydrogen-bond donors (Lipinski definition) is 2. The molecule has 2 heterocycles. The van der Waals surface area contributed by atoms with Gasteiger partial charge in [0.05, 0.1) is 24.0 Å². The Morgan fingerprint density at radius 1 is 1.19 bits per heavy atom. The summed E-state index contributed by atoms with van der Waals surface area (Å²) in [6.45, 7) is 3.71. The zero-order chi connectivity index (χ0) is 14.7. The van der Waals surface area contributed by atoms with Crippen molar-refractivity contribution in [1.82, 2.24) is 15.3 Å². The molecule has 1 aromatic carbocycles. The maximum absolute atomic E-state index is 12.2. The van der Waals surface area contributed by atoms with Gasteiger partial charge in [-0.05, 0) is 12.5 Å². The largest absolute Gasteiger partial charge is 0.323 e. The normalized spacial score (nSPS) is 21.2. The average Bonchev–Trinajstić information content (AvgIpc) is 2.95. The van der Waals surface area contributed by atoms with E-state index in [1.54, 1.807) is 12.4 Å². The van der Waals surface area contributed by atoms with Crippen LogP contribution in [0.5, 0.6) is 0 Å². The van der Waals surface area contributed by atoms with Crippen LogP contribution in [0.15, 0.2) is 42.7 Å². The third kappa shape index (κ3) is 3.08. The third-order valence-electron chi connectivity index (χ3n) is 3.81. The highest BCUT2D eigenvalue weighted by Crippen LogP contribution is 2.19. The molecule has 2 atom stereocenters. The number of nitrogens with zero attached hydrogens (tertiary/aromatic N) is 2. The van der Waals surface area contributed by atoms with Crippen molar-refractivity contribution in [2.45, 2.75) is 6.92 Å². The second kappa shape index (κ2) is 6.01. The van der Waals surface area contributed by atoms with Crippen molar-refractivity contribution >= 4 is 11.6 Å². The van der Waals surface area contributed by atoms with E-state index >= 15 is 0 Å². The summed E-state index contributed by atoms with van der Waals surface area (Å²) < 4.78 is 0. The van der Waals surface area contributed by atoms with Gasteiger partial charge in [0.2, 0.25) is 5.91 Å². The van der Waals surface area contributed by atoms with Crippen molar-refractivity contribution in [3.05, 3.63) is 42.7 Å². The lowest BCUT2D eigenvalue weighted by atomic mass is 9.97. The Bertz CT molecular complexity index is 612. The standard InChI is InChI=1S/C16H18N4O/c1-11-7-17-10-14(11)16(21)20-13-8-18-15(19-9-13)12-5-3-2-4-6-12/h2-6,8-9,11,14,17H,7,10H2,1H3,(H,20,21)/t11-,14-/m1/s1. The molecule has 1 fully saturated rings. The Labute approximate surface area is 123 Å². The van der Waals surface area contributed by atoms with Gasteiger partial charge in [0.25, 0.3) is 0 Å². The monoisotopic (exact) mass is 282 g/mol. The molecule has 2 N–H and O–H groups in total. The van der Waals surface area contributed by atoms with Gasteiger partial charge >= 0.3 is 0 Å². The molecule has 1 aliphatic rings. The van der Waals surface area contributed by atoms with Crippen molar-refractivity contribution in [2.75, 3.05) is 18.4 Å². The van der Waals surface area contributed by atoms with E-state index in [1.807, 2.05) is 30.3 Å². The van der Waals surface area contributed by atoms with Gasteiger partial charge < -0.3 is 10.6 Å². The number of benzene rings is 1. The van der Waals surface area contributed by atoms with Crippen molar-refractivity contribution in [3.8, 4) is 11.4 Å². The first-order valence-corrected chi connectivity index (χ1v) is 7.13. The Balaban J connectivity index is 1.69. The van der Waals surface area contributed by atoms with Crippen LogP contribution in [0, 0.1) is 11.8 Å². The van der Waals surface area contributed by atoms with Gasteiger partial charge in [-0.2, -0.15) is 0 Å². The van der Waals surface area contributed by atoms with E-state index < -0.39 is 0 Å². The summed E-state index contributed by atoms with van der Waals surface area (Å²) in [6, 6.07) is 9.76. The molecule has 3 rings (SSSR count). The van der Waals surface area contributed by atoms with Crippen LogP contribution >= 0.6 is 0 Å². The smallest absolute Gasteiger partial charge is 0.229 e. The van der Waals surface area contributed by atoms with E-state index in [9.17, 15) is 4.79 Å². The van der Waals surface area contributed by atoms with Crippen molar-refractivity contribution in [3.63, 3.8) is 0 Å². The Kier molecular flexibility index (Phi) is 3.92. The molecular formula is C16H18N4O. The maximum atomic E-state index is 12.2. The van der Waals surface area contributed by atoms with Crippen molar-refractivity contribution < 1.29 is 4.79 Å². The third-order valence-corrected chi connectivity index (χ3v) is 3.81. The minimum atomic E-state index is 0.0128. The summed E-state index contributed by atoms with van der Waals surface area (Å²) in [7, 11) is 0. The summed E-state index contributed by atoms with van der Waals surface area (Å²) in [6.07, 6.45) is 3.31. The zero-order valence-corrected chi connectivity index (χ0v) is 11.9. The van der Waals surface area contributed by atoms with Gasteiger partial charge in [0.15, 0.2) is 5.82 Å². The number of carbonyl (C=O) groups is 1. The number of nitrogens with one attached hydrogen (secondary N) is 2. The van der Waals surface area contributed by atoms with Crippen LogP contribution in [0.1, 0.15) is 6.92 Å². The predicted molar refractivity (Wildman–Crippen MR) is 81.6 cm³/mol. The van der Waals surface area contributed by atoms with Crippen LogP contribution < -0.4 is 10.6 Å². The van der Waals surface area contributed by atoms with Crippen LogP contribution in [0.2, 0.25) is 0 Å². The van der Waals surface area contributed by atoms with Crippen LogP contribution in [-0.2, 0) is 4.79 Å². The second-order valence-electron chi connectivity index (χ2n) is 5.39. The fourth-order valence-corrected chi connectivity index (χ4v) is 2.52. The van der Waals surface area contributed by atoms with Crippen LogP contribution in [0.4, 0.5) is 5.69 Å². The summed E-state index contributed by atoms with van der Waals surface area (Å²) >= 11 is 0. The van der Waals surface area contributed by atoms with Gasteiger partial charge in [-0.1, -0.05) is 37.3 Å². The molecule has 0 radical (unpaired) electrons. The SMILES string of the molecule is C[C@@H]1CNC[C@H]1C(=O)Nc1cnc(-c2ccccc2)nc1. The molecule has 0 unspecified atom stereocenters. The molecular weight excluding hydrogens is 264 g/mol. The van der Waals surface area contributed by atoms with E-state index in [2.05, 4.69) is 27.5 Å². The molecule has 5 heteroatoms. The molecule has 1 saturated heterocycles. The first-order chi connectivity index (χ1) is 10.2. The predicted octanol–water partition coefficient (Wildman–Crippen LogP) is 1.94. The molecule has 0 bridgehead atoms. The molecule has 2 aromatic rings. The number of rotatable bonds is 3. The lowest BCUT2D eigenvalue weighted by molar-refractivity contribution is -0.120. The van der Waals surface area contributed by atoms with Crippen LogP contribution in [-0.4, -0.2) is 29.0 Å². The number of aromatic nitrogens is 2. The highest BCUT2D eigenvalue weighted by atomic mass is 16.1. The van der Waals surface area contributed by atoms with Gasteiger partial charge in [-0.3, -0.25) is 4.79 Å². The lowest BCUT2D eigenvalue weighted by Crippen LogP contribution is -2.27. The molecule has 1 aliphatic heterocycles. The van der Waals surface area contributed by atoms with E-state index in [-0.39, 0.29) is 11.8 Å². The Morgan fingerprint density at radius 3 is 2.52 bits per heavy atom. The number of carbonyl (C=O) groups excluding carboxylic acids is 1. The van der Waals surface area contributed by atoms with Crippen molar-refractivity contribution in [1.29, 1.82) is 0 Å². The number of hydrogen-bond acceptors (Lipinski definition) is 4. The minimum absolute atomic E-state index is 0.0128. The van der Waals surface area contributed by atoms with E-state index in [4.69, 9.17) is 0 Å². The van der Waals surface area contributed by atoms with Crippen LogP contribution in [0.3, 0.4) is 0 Å². The highest BCUT2D eigenvalue weighted by Gasteiger charge is 2.29. The molecule has 21 heavy (non-hydrogen) atoms. The summed E-state index contributed by atoms with van der Waals surface area (Å²) in [5.74, 6) is 1.06. The highest BCUT2D eigenvalue weighted by molar-refractivity contribution is 5.92. The number of anilines is 1. The first kappa shape index (κ1) is 13.7. The fourth-order valence-electron chi connectivity index (χ4n) is 2.52. The van der Waals surface area contributed by atoms with Gasteiger partial charge in [-0.15, -0.1) is 0 Å². The molecule has 0 aliphatic carbocycles. The lowest BCUT2D eigenvalue weighted by Gasteiger charge is -2.13. The first-order valence-electron chi connectivity index (χ1n) is 7.13. The maximum Gasteiger partial charge on any atom is 0.229 e. The molecule has 108 valence electrons. The van der Waals surface area contributed by atoms with Crippen molar-refractivity contribution in [2.24, 2.45) is 11.8 Å². The van der Waals surface area contributed by atoms with Gasteiger partial charge in [-0.25, -0.2) is 9.97 Å². The molecule has 1 amide bonds. The molecule has 5 nitrogen and oxygen atoms in total. The van der Waals surface area contributed by atoms with E-state index in [0.717, 1.165) is 18.7 Å². The summed E-state index contributed by atoms with van der Waals surface area (Å²) in [5, 5.41) is 6.12. The van der Waals surface area contributed by atoms with E-state index in [0.29, 0.717) is 17.4 Å². The molecule has 1 aromatic heterocycles. The molecule has 0 saturated carbocycles. The molecule has 0 spiro atoms. The average molecular weight is 282 g/mol. The van der Waals surface area contributed by atoms with Gasteiger partial charge in [0, 0.05) is 12.1 Å². The second-order valence-corrected chi connectivity index (χ2v) is 5.39. The fraction of sp³-hybridized carbons (Fsp3) is 0.312. The van der Waals surface area contributed by atoms with E-state index in [1.165, 1.54) is 0 Å². The topological polar surface area (TPSA) is 66.9 Å². The Morgan fingerprint density at radius 2 is 1.90 bits per heavy atom.